The summed E-state index contributed by atoms with van der Waals surface area (Å²) in [5.74, 6) is -1.16. The molecular formula is C13H19NO5S. The van der Waals surface area contributed by atoms with Crippen LogP contribution in [0.4, 0.5) is 0 Å². The summed E-state index contributed by atoms with van der Waals surface area (Å²) >= 11 is 0. The van der Waals surface area contributed by atoms with Crippen molar-refractivity contribution in [3.8, 4) is 0 Å². The maximum atomic E-state index is 12.7. The van der Waals surface area contributed by atoms with Crippen molar-refractivity contribution < 1.29 is 22.7 Å². The number of furan rings is 1. The molecule has 0 radical (unpaired) electrons. The Kier molecular flexibility index (Phi) is 4.77. The molecule has 1 rings (SSSR count). The molecule has 20 heavy (non-hydrogen) atoms. The predicted octanol–water partition coefficient (Wildman–Crippen LogP) is 2.18. The fraction of sp³-hybridized carbons (Fsp3) is 0.462. The standard InChI is InChI=1S/C13H19NO5S/c1-6-7-14(8(2)3)20(17,18)12-10(5)19-9(4)11(12)13(15)16/h6,8H,1,7H2,2-5H3,(H,15,16). The predicted molar refractivity (Wildman–Crippen MR) is 74.4 cm³/mol. The molecule has 0 fully saturated rings. The Morgan fingerprint density at radius 2 is 1.95 bits per heavy atom. The third kappa shape index (κ3) is 2.78. The Bertz CT molecular complexity index is 627. The van der Waals surface area contributed by atoms with E-state index < -0.39 is 16.0 Å². The van der Waals surface area contributed by atoms with Crippen molar-refractivity contribution in [2.45, 2.75) is 38.6 Å². The van der Waals surface area contributed by atoms with Crippen LogP contribution < -0.4 is 0 Å². The largest absolute Gasteiger partial charge is 0.478 e. The van der Waals surface area contributed by atoms with Gasteiger partial charge in [0, 0.05) is 12.6 Å². The summed E-state index contributed by atoms with van der Waals surface area (Å²) in [4.78, 5) is 11.0. The van der Waals surface area contributed by atoms with Gasteiger partial charge in [0.1, 0.15) is 22.0 Å². The summed E-state index contributed by atoms with van der Waals surface area (Å²) < 4.78 is 31.7. The van der Waals surface area contributed by atoms with Gasteiger partial charge in [0.25, 0.3) is 0 Å². The van der Waals surface area contributed by atoms with E-state index in [2.05, 4.69) is 6.58 Å². The molecule has 0 saturated heterocycles. The highest BCUT2D eigenvalue weighted by molar-refractivity contribution is 7.89. The lowest BCUT2D eigenvalue weighted by Crippen LogP contribution is -2.37. The molecule has 1 N–H and O–H groups in total. The number of sulfonamides is 1. The van der Waals surface area contributed by atoms with Crippen molar-refractivity contribution in [3.05, 3.63) is 29.7 Å². The van der Waals surface area contributed by atoms with E-state index in [4.69, 9.17) is 4.42 Å². The molecule has 0 spiro atoms. The van der Waals surface area contributed by atoms with Crippen molar-refractivity contribution in [2.24, 2.45) is 0 Å². The second-order valence-corrected chi connectivity index (χ2v) is 6.51. The van der Waals surface area contributed by atoms with Gasteiger partial charge in [-0.15, -0.1) is 6.58 Å². The molecule has 6 nitrogen and oxygen atoms in total. The second-order valence-electron chi connectivity index (χ2n) is 4.68. The summed E-state index contributed by atoms with van der Waals surface area (Å²) in [7, 11) is -3.96. The molecule has 0 aliphatic carbocycles. The first-order valence-electron chi connectivity index (χ1n) is 6.10. The maximum Gasteiger partial charge on any atom is 0.340 e. The molecule has 0 saturated carbocycles. The number of carboxylic acid groups (broad SMARTS) is 1. The van der Waals surface area contributed by atoms with Crippen molar-refractivity contribution in [1.29, 1.82) is 0 Å². The first-order chi connectivity index (χ1) is 9.14. The molecule has 1 aromatic heterocycles. The lowest BCUT2D eigenvalue weighted by atomic mass is 10.2. The van der Waals surface area contributed by atoms with E-state index in [0.29, 0.717) is 0 Å². The third-order valence-corrected chi connectivity index (χ3v) is 5.07. The van der Waals surface area contributed by atoms with Crippen molar-refractivity contribution >= 4 is 16.0 Å². The summed E-state index contributed by atoms with van der Waals surface area (Å²) in [5.41, 5.74) is -0.308. The van der Waals surface area contributed by atoms with Crippen LogP contribution in [0, 0.1) is 13.8 Å². The molecule has 0 atom stereocenters. The minimum atomic E-state index is -3.96. The lowest BCUT2D eigenvalue weighted by Gasteiger charge is -2.24. The molecule has 0 amide bonds. The first kappa shape index (κ1) is 16.5. The number of carboxylic acids is 1. The molecule has 0 unspecified atom stereocenters. The van der Waals surface area contributed by atoms with Gasteiger partial charge in [-0.05, 0) is 27.7 Å². The average Bonchev–Trinajstić information content (AvgIpc) is 2.60. The monoisotopic (exact) mass is 301 g/mol. The van der Waals surface area contributed by atoms with E-state index in [1.165, 1.54) is 24.2 Å². The third-order valence-electron chi connectivity index (χ3n) is 2.87. The van der Waals surface area contributed by atoms with Crippen LogP contribution in [0.25, 0.3) is 0 Å². The number of rotatable bonds is 6. The van der Waals surface area contributed by atoms with Crippen molar-refractivity contribution in [2.75, 3.05) is 6.54 Å². The molecular weight excluding hydrogens is 282 g/mol. The molecule has 7 heteroatoms. The Balaban J connectivity index is 3.57. The van der Waals surface area contributed by atoms with Crippen LogP contribution in [0.1, 0.15) is 35.7 Å². The quantitative estimate of drug-likeness (QED) is 0.814. The Morgan fingerprint density at radius 3 is 2.35 bits per heavy atom. The number of aryl methyl sites for hydroxylation is 2. The first-order valence-corrected chi connectivity index (χ1v) is 7.54. The molecule has 0 aliphatic rings. The van der Waals surface area contributed by atoms with E-state index in [9.17, 15) is 18.3 Å². The van der Waals surface area contributed by atoms with E-state index in [0.717, 1.165) is 0 Å². The van der Waals surface area contributed by atoms with Gasteiger partial charge in [-0.2, -0.15) is 4.31 Å². The van der Waals surface area contributed by atoms with Crippen LogP contribution in [0.15, 0.2) is 22.0 Å². The molecule has 112 valence electrons. The van der Waals surface area contributed by atoms with Crippen LogP contribution in [-0.4, -0.2) is 36.4 Å². The average molecular weight is 301 g/mol. The minimum absolute atomic E-state index is 0.0783. The van der Waals surface area contributed by atoms with Gasteiger partial charge in [0.2, 0.25) is 10.0 Å². The fourth-order valence-electron chi connectivity index (χ4n) is 2.05. The van der Waals surface area contributed by atoms with Crippen LogP contribution in [0.2, 0.25) is 0 Å². The zero-order chi connectivity index (χ0) is 15.7. The topological polar surface area (TPSA) is 87.8 Å². The zero-order valence-electron chi connectivity index (χ0n) is 12.0. The fourth-order valence-corrected chi connectivity index (χ4v) is 4.04. The van der Waals surface area contributed by atoms with Crippen LogP contribution >= 0.6 is 0 Å². The summed E-state index contributed by atoms with van der Waals surface area (Å²) in [5, 5.41) is 9.21. The molecule has 0 aliphatic heterocycles. The summed E-state index contributed by atoms with van der Waals surface area (Å²) in [6.45, 7) is 9.93. The van der Waals surface area contributed by atoms with Gasteiger partial charge in [-0.25, -0.2) is 13.2 Å². The maximum absolute atomic E-state index is 12.7. The number of carbonyl (C=O) groups is 1. The van der Waals surface area contributed by atoms with Crippen LogP contribution in [-0.2, 0) is 10.0 Å². The van der Waals surface area contributed by atoms with Gasteiger partial charge in [-0.3, -0.25) is 0 Å². The Hall–Kier alpha value is -1.60. The van der Waals surface area contributed by atoms with E-state index in [1.807, 2.05) is 0 Å². The van der Waals surface area contributed by atoms with Gasteiger partial charge >= 0.3 is 5.97 Å². The normalized spacial score (nSPS) is 12.1. The molecule has 1 aromatic rings. The number of hydrogen-bond acceptors (Lipinski definition) is 4. The van der Waals surface area contributed by atoms with E-state index >= 15 is 0 Å². The van der Waals surface area contributed by atoms with Gasteiger partial charge in [0.15, 0.2) is 0 Å². The molecule has 0 bridgehead atoms. The Morgan fingerprint density at radius 1 is 1.40 bits per heavy atom. The van der Waals surface area contributed by atoms with Gasteiger partial charge in [-0.1, -0.05) is 6.08 Å². The van der Waals surface area contributed by atoms with Crippen LogP contribution in [0.3, 0.4) is 0 Å². The highest BCUT2D eigenvalue weighted by Crippen LogP contribution is 2.30. The van der Waals surface area contributed by atoms with Crippen molar-refractivity contribution in [1.82, 2.24) is 4.31 Å². The minimum Gasteiger partial charge on any atom is -0.478 e. The zero-order valence-corrected chi connectivity index (χ0v) is 12.8. The Labute approximate surface area is 118 Å². The van der Waals surface area contributed by atoms with Crippen LogP contribution in [0.5, 0.6) is 0 Å². The highest BCUT2D eigenvalue weighted by Gasteiger charge is 2.35. The number of nitrogens with zero attached hydrogens (tertiary/aromatic N) is 1. The lowest BCUT2D eigenvalue weighted by molar-refractivity contribution is 0.0691. The van der Waals surface area contributed by atoms with Gasteiger partial charge < -0.3 is 9.52 Å². The summed E-state index contributed by atoms with van der Waals surface area (Å²) in [6, 6.07) is -0.325. The highest BCUT2D eigenvalue weighted by atomic mass is 32.2. The molecule has 1 heterocycles. The SMILES string of the molecule is C=CCN(C(C)C)S(=O)(=O)c1c(C)oc(C)c1C(=O)O. The number of aromatic carboxylic acids is 1. The number of hydrogen-bond donors (Lipinski definition) is 1. The smallest absolute Gasteiger partial charge is 0.340 e. The summed E-state index contributed by atoms with van der Waals surface area (Å²) in [6.07, 6.45) is 1.46. The van der Waals surface area contributed by atoms with Gasteiger partial charge in [0.05, 0.1) is 0 Å². The van der Waals surface area contributed by atoms with E-state index in [-0.39, 0.29) is 34.6 Å². The van der Waals surface area contributed by atoms with Crippen molar-refractivity contribution in [3.63, 3.8) is 0 Å². The van der Waals surface area contributed by atoms with E-state index in [1.54, 1.807) is 13.8 Å². The second kappa shape index (κ2) is 5.80. The molecule has 0 aromatic carbocycles.